The number of ether oxygens (including phenoxy) is 1. The number of hydrogen-bond donors (Lipinski definition) is 1. The Hall–Kier alpha value is -1.82. The first-order valence-electron chi connectivity index (χ1n) is 4.64. The molecule has 0 saturated carbocycles. The highest BCUT2D eigenvalue weighted by molar-refractivity contribution is 9.10. The second-order valence-electron chi connectivity index (χ2n) is 3.19. The Labute approximate surface area is 105 Å². The van der Waals surface area contributed by atoms with Crippen LogP contribution in [-0.4, -0.2) is 23.2 Å². The molecule has 0 radical (unpaired) electrons. The molecule has 2 aromatic rings. The van der Waals surface area contributed by atoms with Gasteiger partial charge in [0.15, 0.2) is 5.69 Å². The molecule has 0 bridgehead atoms. The van der Waals surface area contributed by atoms with Crippen LogP contribution in [0.5, 0.6) is 5.75 Å². The van der Waals surface area contributed by atoms with E-state index in [2.05, 4.69) is 20.9 Å². The molecule has 0 amide bonds. The van der Waals surface area contributed by atoms with Crippen LogP contribution in [0.4, 0.5) is 0 Å². The summed E-state index contributed by atoms with van der Waals surface area (Å²) in [6, 6.07) is 5.22. The number of nitrogens with zero attached hydrogens (tertiary/aromatic N) is 1. The van der Waals surface area contributed by atoms with Gasteiger partial charge in [-0.3, -0.25) is 0 Å². The Bertz CT molecular complexity index is 564. The summed E-state index contributed by atoms with van der Waals surface area (Å²) in [5.41, 5.74) is 0.553. The number of benzene rings is 1. The summed E-state index contributed by atoms with van der Waals surface area (Å²) in [7, 11) is 1.56. The zero-order valence-electron chi connectivity index (χ0n) is 8.81. The first-order valence-corrected chi connectivity index (χ1v) is 5.44. The van der Waals surface area contributed by atoms with Gasteiger partial charge in [-0.15, -0.1) is 0 Å². The maximum Gasteiger partial charge on any atom is 0.357 e. The number of carboxylic acid groups (broad SMARTS) is 1. The SMILES string of the molecule is COc1ccc(-c2nc(C(=O)O)co2)cc1Br. The zero-order valence-corrected chi connectivity index (χ0v) is 10.4. The van der Waals surface area contributed by atoms with Crippen molar-refractivity contribution >= 4 is 21.9 Å². The number of aromatic nitrogens is 1. The molecule has 1 aromatic heterocycles. The Kier molecular flexibility index (Phi) is 3.14. The van der Waals surface area contributed by atoms with Gasteiger partial charge in [-0.05, 0) is 34.1 Å². The van der Waals surface area contributed by atoms with Gasteiger partial charge in [0.05, 0.1) is 11.6 Å². The first-order chi connectivity index (χ1) is 8.11. The first kappa shape index (κ1) is 11.7. The molecule has 0 fully saturated rings. The Morgan fingerprint density at radius 2 is 2.29 bits per heavy atom. The third kappa shape index (κ3) is 2.31. The summed E-state index contributed by atoms with van der Waals surface area (Å²) in [6.45, 7) is 0. The lowest BCUT2D eigenvalue weighted by atomic mass is 10.2. The highest BCUT2D eigenvalue weighted by Crippen LogP contribution is 2.30. The van der Waals surface area contributed by atoms with Crippen LogP contribution < -0.4 is 4.74 Å². The Morgan fingerprint density at radius 1 is 1.53 bits per heavy atom. The van der Waals surface area contributed by atoms with Crippen LogP contribution in [0.15, 0.2) is 33.4 Å². The predicted molar refractivity (Wildman–Crippen MR) is 63.2 cm³/mol. The molecular formula is C11H8BrNO4. The van der Waals surface area contributed by atoms with Crippen molar-refractivity contribution in [2.75, 3.05) is 7.11 Å². The van der Waals surface area contributed by atoms with E-state index >= 15 is 0 Å². The van der Waals surface area contributed by atoms with Crippen molar-refractivity contribution < 1.29 is 19.1 Å². The lowest BCUT2D eigenvalue weighted by molar-refractivity contribution is 0.0690. The monoisotopic (exact) mass is 297 g/mol. The summed E-state index contributed by atoms with van der Waals surface area (Å²) in [5, 5.41) is 8.73. The minimum atomic E-state index is -1.12. The van der Waals surface area contributed by atoms with Crippen LogP contribution in [0.2, 0.25) is 0 Å². The molecule has 0 atom stereocenters. The van der Waals surface area contributed by atoms with Gasteiger partial charge in [-0.1, -0.05) is 0 Å². The van der Waals surface area contributed by atoms with Crippen molar-refractivity contribution in [3.05, 3.63) is 34.6 Å². The summed E-state index contributed by atoms with van der Waals surface area (Å²) in [6.07, 6.45) is 1.11. The van der Waals surface area contributed by atoms with E-state index < -0.39 is 5.97 Å². The largest absolute Gasteiger partial charge is 0.496 e. The van der Waals surface area contributed by atoms with Crippen molar-refractivity contribution in [3.8, 4) is 17.2 Å². The second kappa shape index (κ2) is 4.58. The molecule has 5 nitrogen and oxygen atoms in total. The van der Waals surface area contributed by atoms with Gasteiger partial charge < -0.3 is 14.3 Å². The van der Waals surface area contributed by atoms with Crippen LogP contribution in [0, 0.1) is 0 Å². The van der Waals surface area contributed by atoms with Gasteiger partial charge in [-0.25, -0.2) is 9.78 Å². The molecule has 1 N–H and O–H groups in total. The summed E-state index contributed by atoms with van der Waals surface area (Å²) >= 11 is 3.33. The second-order valence-corrected chi connectivity index (χ2v) is 4.05. The quantitative estimate of drug-likeness (QED) is 0.943. The van der Waals surface area contributed by atoms with Gasteiger partial charge in [0.2, 0.25) is 5.89 Å². The highest BCUT2D eigenvalue weighted by Gasteiger charge is 2.13. The minimum absolute atomic E-state index is 0.119. The molecule has 0 aliphatic carbocycles. The third-order valence-electron chi connectivity index (χ3n) is 2.12. The van der Waals surface area contributed by atoms with Crippen molar-refractivity contribution in [1.82, 2.24) is 4.98 Å². The Balaban J connectivity index is 2.39. The number of hydrogen-bond acceptors (Lipinski definition) is 4. The standard InChI is InChI=1S/C11H8BrNO4/c1-16-9-3-2-6(4-7(9)12)10-13-8(5-17-10)11(14)15/h2-5H,1H3,(H,14,15). The smallest absolute Gasteiger partial charge is 0.357 e. The van der Waals surface area contributed by atoms with Crippen molar-refractivity contribution in [3.63, 3.8) is 0 Å². The number of halogens is 1. The van der Waals surface area contributed by atoms with E-state index in [1.807, 2.05) is 0 Å². The zero-order chi connectivity index (χ0) is 12.4. The topological polar surface area (TPSA) is 72.6 Å². The van der Waals surface area contributed by atoms with E-state index in [0.717, 1.165) is 10.7 Å². The average Bonchev–Trinajstić information content (AvgIpc) is 2.78. The molecule has 17 heavy (non-hydrogen) atoms. The maximum absolute atomic E-state index is 10.7. The van der Waals surface area contributed by atoms with Crippen LogP contribution in [-0.2, 0) is 0 Å². The molecule has 0 spiro atoms. The molecule has 88 valence electrons. The normalized spacial score (nSPS) is 10.2. The van der Waals surface area contributed by atoms with Gasteiger partial charge >= 0.3 is 5.97 Å². The molecule has 0 saturated heterocycles. The van der Waals surface area contributed by atoms with E-state index in [-0.39, 0.29) is 11.6 Å². The van der Waals surface area contributed by atoms with E-state index in [1.165, 1.54) is 0 Å². The fourth-order valence-electron chi connectivity index (χ4n) is 1.30. The van der Waals surface area contributed by atoms with E-state index in [9.17, 15) is 4.79 Å². The lowest BCUT2D eigenvalue weighted by Gasteiger charge is -2.03. The molecule has 0 aliphatic rings. The van der Waals surface area contributed by atoms with Gasteiger partial charge in [-0.2, -0.15) is 0 Å². The molecule has 1 heterocycles. The number of carboxylic acids is 1. The molecule has 0 aliphatic heterocycles. The Morgan fingerprint density at radius 3 is 2.82 bits per heavy atom. The maximum atomic E-state index is 10.7. The summed E-state index contributed by atoms with van der Waals surface area (Å²) in [4.78, 5) is 14.5. The summed E-state index contributed by atoms with van der Waals surface area (Å²) in [5.74, 6) is -0.183. The number of oxazole rings is 1. The molecule has 0 unspecified atom stereocenters. The number of aromatic carboxylic acids is 1. The minimum Gasteiger partial charge on any atom is -0.496 e. The van der Waals surface area contributed by atoms with Crippen molar-refractivity contribution in [2.45, 2.75) is 0 Å². The van der Waals surface area contributed by atoms with E-state index in [1.54, 1.807) is 25.3 Å². The number of rotatable bonds is 3. The van der Waals surface area contributed by atoms with E-state index in [0.29, 0.717) is 11.3 Å². The van der Waals surface area contributed by atoms with Gasteiger partial charge in [0, 0.05) is 5.56 Å². The number of carbonyl (C=O) groups is 1. The fourth-order valence-corrected chi connectivity index (χ4v) is 1.84. The van der Waals surface area contributed by atoms with Gasteiger partial charge in [0.25, 0.3) is 0 Å². The van der Waals surface area contributed by atoms with Crippen LogP contribution in [0.25, 0.3) is 11.5 Å². The molecular weight excluding hydrogens is 290 g/mol. The lowest BCUT2D eigenvalue weighted by Crippen LogP contribution is -1.95. The van der Waals surface area contributed by atoms with E-state index in [4.69, 9.17) is 14.3 Å². The highest BCUT2D eigenvalue weighted by atomic mass is 79.9. The fraction of sp³-hybridized carbons (Fsp3) is 0.0909. The predicted octanol–water partition coefficient (Wildman–Crippen LogP) is 2.81. The third-order valence-corrected chi connectivity index (χ3v) is 2.74. The summed E-state index contributed by atoms with van der Waals surface area (Å²) < 4.78 is 10.9. The van der Waals surface area contributed by atoms with Crippen molar-refractivity contribution in [1.29, 1.82) is 0 Å². The average molecular weight is 298 g/mol. The molecule has 2 rings (SSSR count). The van der Waals surface area contributed by atoms with Crippen LogP contribution in [0.1, 0.15) is 10.5 Å². The van der Waals surface area contributed by atoms with Crippen molar-refractivity contribution in [2.24, 2.45) is 0 Å². The molecule has 1 aromatic carbocycles. The van der Waals surface area contributed by atoms with Gasteiger partial charge in [0.1, 0.15) is 12.0 Å². The molecule has 6 heteroatoms. The van der Waals surface area contributed by atoms with Crippen LogP contribution in [0.3, 0.4) is 0 Å². The van der Waals surface area contributed by atoms with Crippen LogP contribution >= 0.6 is 15.9 Å². The number of methoxy groups -OCH3 is 1.